The van der Waals surface area contributed by atoms with Crippen molar-refractivity contribution in [1.29, 1.82) is 0 Å². The van der Waals surface area contributed by atoms with E-state index in [0.717, 1.165) is 12.0 Å². The normalized spacial score (nSPS) is 15.3. The van der Waals surface area contributed by atoms with E-state index < -0.39 is 0 Å². The third-order valence-corrected chi connectivity index (χ3v) is 4.38. The van der Waals surface area contributed by atoms with Crippen LogP contribution in [-0.4, -0.2) is 5.91 Å². The molecule has 0 saturated heterocycles. The predicted molar refractivity (Wildman–Crippen MR) is 82.7 cm³/mol. The molecule has 21 heavy (non-hydrogen) atoms. The lowest BCUT2D eigenvalue weighted by Crippen LogP contribution is -2.26. The summed E-state index contributed by atoms with van der Waals surface area (Å²) in [5, 5.41) is 3.09. The number of carbonyl (C=O) groups excluding carboxylic acids is 1. The first-order chi connectivity index (χ1) is 10.1. The van der Waals surface area contributed by atoms with E-state index in [4.69, 9.17) is 16.0 Å². The molecule has 2 aromatic rings. The number of amides is 1. The van der Waals surface area contributed by atoms with Gasteiger partial charge in [0, 0.05) is 0 Å². The average Bonchev–Trinajstić information content (AvgIpc) is 2.93. The number of furan rings is 1. The quantitative estimate of drug-likeness (QED) is 0.918. The van der Waals surface area contributed by atoms with Crippen molar-refractivity contribution >= 4 is 17.5 Å². The number of halogens is 1. The minimum absolute atomic E-state index is 0.0595. The minimum Gasteiger partial charge on any atom is -0.452 e. The second kappa shape index (κ2) is 5.94. The molecule has 0 saturated carbocycles. The fourth-order valence-electron chi connectivity index (χ4n) is 2.84. The summed E-state index contributed by atoms with van der Waals surface area (Å²) in [4.78, 5) is 12.1. The number of aryl methyl sites for hydroxylation is 2. The van der Waals surface area contributed by atoms with Crippen LogP contribution in [-0.2, 0) is 12.8 Å². The summed E-state index contributed by atoms with van der Waals surface area (Å²) < 4.78 is 4.95. The van der Waals surface area contributed by atoms with Crippen LogP contribution in [0.15, 0.2) is 34.9 Å². The summed E-state index contributed by atoms with van der Waals surface area (Å²) in [6.45, 7) is 1.98. The van der Waals surface area contributed by atoms with Gasteiger partial charge in [-0.25, -0.2) is 0 Å². The Bertz CT molecular complexity index is 663. The first kappa shape index (κ1) is 14.2. The zero-order valence-corrected chi connectivity index (χ0v) is 12.7. The Morgan fingerprint density at radius 1 is 1.24 bits per heavy atom. The van der Waals surface area contributed by atoms with Gasteiger partial charge < -0.3 is 9.73 Å². The van der Waals surface area contributed by atoms with Crippen LogP contribution in [0.25, 0.3) is 0 Å². The molecule has 1 N–H and O–H groups in total. The van der Waals surface area contributed by atoms with Crippen LogP contribution in [0.1, 0.15) is 52.9 Å². The lowest BCUT2D eigenvalue weighted by atomic mass is 9.89. The molecule has 110 valence electrons. The molecule has 0 bridgehead atoms. The molecule has 1 aliphatic rings. The molecular weight excluding hydrogens is 286 g/mol. The predicted octanol–water partition coefficient (Wildman–Crippen LogP) is 4.30. The highest BCUT2D eigenvalue weighted by Crippen LogP contribution is 2.25. The molecule has 1 aromatic carbocycles. The molecule has 1 heterocycles. The Kier molecular flexibility index (Phi) is 4.02. The molecule has 0 fully saturated rings. The second-order valence-corrected chi connectivity index (χ2v) is 5.88. The molecule has 0 radical (unpaired) electrons. The van der Waals surface area contributed by atoms with Gasteiger partial charge in [0.1, 0.15) is 0 Å². The van der Waals surface area contributed by atoms with Crippen LogP contribution in [0, 0.1) is 0 Å². The Balaban J connectivity index is 1.75. The summed E-state index contributed by atoms with van der Waals surface area (Å²) in [6, 6.07) is 8.03. The number of rotatable bonds is 3. The zero-order valence-electron chi connectivity index (χ0n) is 12.0. The Morgan fingerprint density at radius 3 is 2.71 bits per heavy atom. The van der Waals surface area contributed by atoms with Gasteiger partial charge in [-0.05, 0) is 67.0 Å². The van der Waals surface area contributed by atoms with E-state index in [1.165, 1.54) is 36.7 Å². The molecule has 3 rings (SSSR count). The van der Waals surface area contributed by atoms with E-state index >= 15 is 0 Å². The van der Waals surface area contributed by atoms with Gasteiger partial charge in [0.2, 0.25) is 5.22 Å². The van der Waals surface area contributed by atoms with E-state index in [2.05, 4.69) is 23.5 Å². The number of carbonyl (C=O) groups is 1. The van der Waals surface area contributed by atoms with E-state index in [0.29, 0.717) is 5.56 Å². The highest BCUT2D eigenvalue weighted by atomic mass is 35.5. The molecule has 3 nitrogen and oxygen atoms in total. The van der Waals surface area contributed by atoms with Crippen molar-refractivity contribution in [1.82, 2.24) is 5.32 Å². The lowest BCUT2D eigenvalue weighted by molar-refractivity contribution is 0.0939. The van der Waals surface area contributed by atoms with Gasteiger partial charge >= 0.3 is 0 Å². The number of benzene rings is 1. The summed E-state index contributed by atoms with van der Waals surface area (Å²) >= 11 is 5.83. The van der Waals surface area contributed by atoms with Crippen LogP contribution in [0.3, 0.4) is 0 Å². The molecular formula is C17H18ClNO2. The minimum atomic E-state index is -0.209. The van der Waals surface area contributed by atoms with Gasteiger partial charge in [-0.1, -0.05) is 18.2 Å². The van der Waals surface area contributed by atoms with E-state index in [-0.39, 0.29) is 17.2 Å². The smallest absolute Gasteiger partial charge is 0.256 e. The summed E-state index contributed by atoms with van der Waals surface area (Å²) in [6.07, 6.45) is 6.25. The van der Waals surface area contributed by atoms with Crippen LogP contribution in [0.5, 0.6) is 0 Å². The van der Waals surface area contributed by atoms with Crippen LogP contribution < -0.4 is 5.32 Å². The highest BCUT2D eigenvalue weighted by molar-refractivity contribution is 6.32. The fraction of sp³-hybridized carbons (Fsp3) is 0.353. The maximum absolute atomic E-state index is 12.1. The monoisotopic (exact) mass is 303 g/mol. The Morgan fingerprint density at radius 2 is 2.00 bits per heavy atom. The van der Waals surface area contributed by atoms with Gasteiger partial charge in [-0.3, -0.25) is 4.79 Å². The Hall–Kier alpha value is -1.74. The highest BCUT2D eigenvalue weighted by Gasteiger charge is 2.17. The lowest BCUT2D eigenvalue weighted by Gasteiger charge is -2.20. The summed E-state index contributed by atoms with van der Waals surface area (Å²) in [5.41, 5.74) is 4.37. The van der Waals surface area contributed by atoms with Crippen molar-refractivity contribution in [3.63, 3.8) is 0 Å². The maximum Gasteiger partial charge on any atom is 0.256 e. The standard InChI is InChI=1S/C17H18ClNO2/c1-11(19-17(20)15-8-9-21-16(15)18)13-7-6-12-4-2-3-5-14(12)10-13/h6-11H,2-5H2,1H3,(H,19,20). The largest absolute Gasteiger partial charge is 0.452 e. The van der Waals surface area contributed by atoms with Crippen molar-refractivity contribution in [3.05, 3.63) is 58.0 Å². The van der Waals surface area contributed by atoms with Crippen LogP contribution in [0.2, 0.25) is 5.22 Å². The molecule has 0 spiro atoms. The molecule has 1 aromatic heterocycles. The van der Waals surface area contributed by atoms with E-state index in [1.807, 2.05) is 6.92 Å². The third-order valence-electron chi connectivity index (χ3n) is 4.08. The Labute approximate surface area is 129 Å². The molecule has 4 heteroatoms. The topological polar surface area (TPSA) is 42.2 Å². The first-order valence-corrected chi connectivity index (χ1v) is 7.68. The number of hydrogen-bond acceptors (Lipinski definition) is 2. The van der Waals surface area contributed by atoms with E-state index in [1.54, 1.807) is 6.07 Å². The van der Waals surface area contributed by atoms with Gasteiger partial charge in [0.05, 0.1) is 17.9 Å². The molecule has 0 aliphatic heterocycles. The van der Waals surface area contributed by atoms with Gasteiger partial charge in [0.15, 0.2) is 0 Å². The SMILES string of the molecule is CC(NC(=O)c1ccoc1Cl)c1ccc2c(c1)CCCC2. The van der Waals surface area contributed by atoms with Crippen molar-refractivity contribution in [2.75, 3.05) is 0 Å². The number of nitrogens with one attached hydrogen (secondary N) is 1. The van der Waals surface area contributed by atoms with Gasteiger partial charge in [0.25, 0.3) is 5.91 Å². The average molecular weight is 304 g/mol. The number of fused-ring (bicyclic) bond motifs is 1. The molecule has 1 amide bonds. The third kappa shape index (κ3) is 2.98. The number of hydrogen-bond donors (Lipinski definition) is 1. The maximum atomic E-state index is 12.1. The zero-order chi connectivity index (χ0) is 14.8. The van der Waals surface area contributed by atoms with E-state index in [9.17, 15) is 4.79 Å². The first-order valence-electron chi connectivity index (χ1n) is 7.30. The van der Waals surface area contributed by atoms with Crippen molar-refractivity contribution < 1.29 is 9.21 Å². The van der Waals surface area contributed by atoms with Gasteiger partial charge in [-0.15, -0.1) is 0 Å². The summed E-state index contributed by atoms with van der Waals surface area (Å²) in [7, 11) is 0. The van der Waals surface area contributed by atoms with Crippen molar-refractivity contribution in [2.24, 2.45) is 0 Å². The second-order valence-electron chi connectivity index (χ2n) is 5.54. The van der Waals surface area contributed by atoms with Crippen molar-refractivity contribution in [3.8, 4) is 0 Å². The summed E-state index contributed by atoms with van der Waals surface area (Å²) in [5.74, 6) is -0.209. The molecule has 1 aliphatic carbocycles. The van der Waals surface area contributed by atoms with Crippen molar-refractivity contribution in [2.45, 2.75) is 38.6 Å². The van der Waals surface area contributed by atoms with Gasteiger partial charge in [-0.2, -0.15) is 0 Å². The van der Waals surface area contributed by atoms with Crippen LogP contribution >= 0.6 is 11.6 Å². The van der Waals surface area contributed by atoms with Crippen LogP contribution in [0.4, 0.5) is 0 Å². The fourth-order valence-corrected chi connectivity index (χ4v) is 3.04. The molecule has 1 atom stereocenters. The molecule has 1 unspecified atom stereocenters.